The van der Waals surface area contributed by atoms with Crippen molar-refractivity contribution in [3.05, 3.63) is 54.4 Å². The molecule has 1 amide bonds. The zero-order valence-corrected chi connectivity index (χ0v) is 12.0. The molecule has 0 fully saturated rings. The first-order valence-electron chi connectivity index (χ1n) is 6.89. The number of pyridine rings is 1. The van der Waals surface area contributed by atoms with Crippen molar-refractivity contribution >= 4 is 16.8 Å². The monoisotopic (exact) mass is 280 g/mol. The average molecular weight is 280 g/mol. The predicted molar refractivity (Wildman–Crippen MR) is 82.0 cm³/mol. The third-order valence-electron chi connectivity index (χ3n) is 3.12. The number of carbonyl (C=O) groups is 1. The number of hydrogen-bond acceptors (Lipinski definition) is 3. The topological polar surface area (TPSA) is 55.1 Å². The fraction of sp³-hybridized carbons (Fsp3) is 0.176. The van der Waals surface area contributed by atoms with Crippen molar-refractivity contribution in [2.75, 3.05) is 0 Å². The van der Waals surface area contributed by atoms with Gasteiger partial charge in [0.25, 0.3) is 5.91 Å². The van der Waals surface area contributed by atoms with E-state index in [1.807, 2.05) is 44.2 Å². The molecule has 2 heterocycles. The highest BCUT2D eigenvalue weighted by Crippen LogP contribution is 2.24. The first-order chi connectivity index (χ1) is 10.1. The number of hydrogen-bond donors (Lipinski definition) is 1. The van der Waals surface area contributed by atoms with Gasteiger partial charge in [0.05, 0.1) is 5.52 Å². The number of amides is 1. The van der Waals surface area contributed by atoms with Gasteiger partial charge in [-0.1, -0.05) is 18.2 Å². The summed E-state index contributed by atoms with van der Waals surface area (Å²) in [6.45, 7) is 3.82. The molecule has 0 aliphatic heterocycles. The fourth-order valence-electron chi connectivity index (χ4n) is 2.15. The van der Waals surface area contributed by atoms with Crippen LogP contribution in [0.4, 0.5) is 0 Å². The molecule has 0 radical (unpaired) electrons. The molecule has 4 heteroatoms. The number of furan rings is 1. The highest BCUT2D eigenvalue weighted by atomic mass is 16.3. The smallest absolute Gasteiger partial charge is 0.287 e. The molecule has 106 valence electrons. The van der Waals surface area contributed by atoms with Crippen LogP contribution in [-0.4, -0.2) is 16.9 Å². The number of nitrogens with zero attached hydrogens (tertiary/aromatic N) is 1. The largest absolute Gasteiger partial charge is 0.451 e. The van der Waals surface area contributed by atoms with E-state index >= 15 is 0 Å². The van der Waals surface area contributed by atoms with Crippen LogP contribution in [0.5, 0.6) is 0 Å². The number of fused-ring (bicyclic) bond motifs is 1. The van der Waals surface area contributed by atoms with Gasteiger partial charge >= 0.3 is 0 Å². The summed E-state index contributed by atoms with van der Waals surface area (Å²) in [5.41, 5.74) is 1.79. The summed E-state index contributed by atoms with van der Waals surface area (Å²) in [6.07, 6.45) is 1.76. The Kier molecular flexibility index (Phi) is 3.44. The molecule has 0 saturated carbocycles. The van der Waals surface area contributed by atoms with Gasteiger partial charge in [0.15, 0.2) is 5.76 Å². The standard InChI is InChI=1S/C17H16N2O2/c1-11(2)19-17(20)16-8-7-15(21-16)13-9-12-5-3-4-6-14(12)18-10-13/h3-11H,1-2H3,(H,19,20). The summed E-state index contributed by atoms with van der Waals surface area (Å²) < 4.78 is 5.63. The van der Waals surface area contributed by atoms with E-state index in [2.05, 4.69) is 10.3 Å². The molecular weight excluding hydrogens is 264 g/mol. The van der Waals surface area contributed by atoms with Gasteiger partial charge in [-0.25, -0.2) is 0 Å². The first-order valence-corrected chi connectivity index (χ1v) is 6.89. The molecule has 4 nitrogen and oxygen atoms in total. The Labute approximate surface area is 122 Å². The maximum atomic E-state index is 11.9. The molecule has 0 aliphatic rings. The van der Waals surface area contributed by atoms with E-state index in [-0.39, 0.29) is 11.9 Å². The Balaban J connectivity index is 1.92. The molecule has 3 rings (SSSR count). The predicted octanol–water partition coefficient (Wildman–Crippen LogP) is 3.63. The van der Waals surface area contributed by atoms with Crippen molar-refractivity contribution < 1.29 is 9.21 Å². The van der Waals surface area contributed by atoms with Crippen molar-refractivity contribution in [2.24, 2.45) is 0 Å². The zero-order chi connectivity index (χ0) is 14.8. The lowest BCUT2D eigenvalue weighted by Crippen LogP contribution is -2.29. The van der Waals surface area contributed by atoms with Gasteiger partial charge in [-0.2, -0.15) is 0 Å². The number of para-hydroxylation sites is 1. The highest BCUT2D eigenvalue weighted by Gasteiger charge is 2.13. The average Bonchev–Trinajstić information content (AvgIpc) is 2.96. The number of rotatable bonds is 3. The quantitative estimate of drug-likeness (QED) is 0.797. The van der Waals surface area contributed by atoms with Crippen LogP contribution in [0.15, 0.2) is 53.1 Å². The highest BCUT2D eigenvalue weighted by molar-refractivity contribution is 5.92. The van der Waals surface area contributed by atoms with Crippen LogP contribution in [0.25, 0.3) is 22.2 Å². The van der Waals surface area contributed by atoms with Crippen LogP contribution < -0.4 is 5.32 Å². The van der Waals surface area contributed by atoms with Gasteiger partial charge in [0.1, 0.15) is 5.76 Å². The van der Waals surface area contributed by atoms with E-state index in [1.165, 1.54) is 0 Å². The third kappa shape index (κ3) is 2.79. The Morgan fingerprint density at radius 2 is 2.00 bits per heavy atom. The first kappa shape index (κ1) is 13.4. The maximum absolute atomic E-state index is 11.9. The molecule has 0 bridgehead atoms. The molecule has 0 saturated heterocycles. The Morgan fingerprint density at radius 1 is 1.19 bits per heavy atom. The Morgan fingerprint density at radius 3 is 2.81 bits per heavy atom. The molecular formula is C17H16N2O2. The van der Waals surface area contributed by atoms with Crippen molar-refractivity contribution in [3.63, 3.8) is 0 Å². The van der Waals surface area contributed by atoms with E-state index in [0.29, 0.717) is 11.5 Å². The van der Waals surface area contributed by atoms with Gasteiger partial charge < -0.3 is 9.73 Å². The second kappa shape index (κ2) is 5.40. The lowest BCUT2D eigenvalue weighted by atomic mass is 10.1. The van der Waals surface area contributed by atoms with Crippen LogP contribution in [0.3, 0.4) is 0 Å². The summed E-state index contributed by atoms with van der Waals surface area (Å²) in [5, 5.41) is 3.85. The molecule has 0 aliphatic carbocycles. The Bertz CT molecular complexity index is 790. The molecule has 2 aromatic heterocycles. The summed E-state index contributed by atoms with van der Waals surface area (Å²) in [7, 11) is 0. The molecule has 1 N–H and O–H groups in total. The second-order valence-corrected chi connectivity index (χ2v) is 5.21. The van der Waals surface area contributed by atoms with E-state index < -0.39 is 0 Å². The van der Waals surface area contributed by atoms with E-state index in [9.17, 15) is 4.79 Å². The number of carbonyl (C=O) groups excluding carboxylic acids is 1. The van der Waals surface area contributed by atoms with Crippen molar-refractivity contribution in [1.82, 2.24) is 10.3 Å². The SMILES string of the molecule is CC(C)NC(=O)c1ccc(-c2cnc3ccccc3c2)o1. The molecule has 1 aromatic carbocycles. The Hall–Kier alpha value is -2.62. The molecule has 0 atom stereocenters. The zero-order valence-electron chi connectivity index (χ0n) is 12.0. The lowest BCUT2D eigenvalue weighted by Gasteiger charge is -2.05. The van der Waals surface area contributed by atoms with Crippen LogP contribution in [-0.2, 0) is 0 Å². The minimum Gasteiger partial charge on any atom is -0.451 e. The van der Waals surface area contributed by atoms with Crippen LogP contribution in [0, 0.1) is 0 Å². The molecule has 0 spiro atoms. The van der Waals surface area contributed by atoms with Crippen molar-refractivity contribution in [3.8, 4) is 11.3 Å². The normalized spacial score (nSPS) is 11.0. The van der Waals surface area contributed by atoms with Crippen molar-refractivity contribution in [2.45, 2.75) is 19.9 Å². The maximum Gasteiger partial charge on any atom is 0.287 e. The lowest BCUT2D eigenvalue weighted by molar-refractivity contribution is 0.0916. The minimum absolute atomic E-state index is 0.0772. The number of aromatic nitrogens is 1. The third-order valence-corrected chi connectivity index (χ3v) is 3.12. The van der Waals surface area contributed by atoms with Gasteiger partial charge in [-0.3, -0.25) is 9.78 Å². The molecule has 21 heavy (non-hydrogen) atoms. The van der Waals surface area contributed by atoms with Crippen LogP contribution >= 0.6 is 0 Å². The molecule has 0 unspecified atom stereocenters. The van der Waals surface area contributed by atoms with Gasteiger partial charge in [0, 0.05) is 23.2 Å². The van der Waals surface area contributed by atoms with E-state index in [0.717, 1.165) is 16.5 Å². The van der Waals surface area contributed by atoms with E-state index in [4.69, 9.17) is 4.42 Å². The second-order valence-electron chi connectivity index (χ2n) is 5.21. The minimum atomic E-state index is -0.204. The van der Waals surface area contributed by atoms with E-state index in [1.54, 1.807) is 18.3 Å². The summed E-state index contributed by atoms with van der Waals surface area (Å²) in [4.78, 5) is 16.3. The number of benzene rings is 1. The summed E-state index contributed by atoms with van der Waals surface area (Å²) >= 11 is 0. The summed E-state index contributed by atoms with van der Waals surface area (Å²) in [5.74, 6) is 0.749. The number of nitrogens with one attached hydrogen (secondary N) is 1. The summed E-state index contributed by atoms with van der Waals surface area (Å²) in [6, 6.07) is 13.4. The van der Waals surface area contributed by atoms with Crippen LogP contribution in [0.1, 0.15) is 24.4 Å². The van der Waals surface area contributed by atoms with Gasteiger partial charge in [0.2, 0.25) is 0 Å². The van der Waals surface area contributed by atoms with Crippen molar-refractivity contribution in [1.29, 1.82) is 0 Å². The fourth-order valence-corrected chi connectivity index (χ4v) is 2.15. The van der Waals surface area contributed by atoms with Gasteiger partial charge in [-0.05, 0) is 38.1 Å². The molecule has 3 aromatic rings. The van der Waals surface area contributed by atoms with Gasteiger partial charge in [-0.15, -0.1) is 0 Å². The van der Waals surface area contributed by atoms with Crippen LogP contribution in [0.2, 0.25) is 0 Å².